The molecule has 1 N–H and O–H groups in total. The van der Waals surface area contributed by atoms with Gasteiger partial charge in [-0.1, -0.05) is 6.92 Å². The fourth-order valence-corrected chi connectivity index (χ4v) is 3.65. The van der Waals surface area contributed by atoms with E-state index in [0.29, 0.717) is 11.6 Å². The fraction of sp³-hybridized carbons (Fsp3) is 0.571. The number of benzene rings is 1. The van der Waals surface area contributed by atoms with E-state index in [0.717, 1.165) is 18.8 Å². The van der Waals surface area contributed by atoms with Crippen molar-refractivity contribution in [3.8, 4) is 0 Å². The Labute approximate surface area is 127 Å². The van der Waals surface area contributed by atoms with Crippen LogP contribution >= 0.6 is 11.6 Å². The molecule has 1 unspecified atom stereocenters. The first-order valence-corrected chi connectivity index (χ1v) is 9.02. The predicted octanol–water partition coefficient (Wildman–Crippen LogP) is 3.15. The summed E-state index contributed by atoms with van der Waals surface area (Å²) in [6.45, 7) is 7.85. The molecule has 1 atom stereocenters. The van der Waals surface area contributed by atoms with Crippen LogP contribution in [0.2, 0.25) is 0 Å². The summed E-state index contributed by atoms with van der Waals surface area (Å²) >= 11 is 5.65. The molecule has 0 saturated heterocycles. The van der Waals surface area contributed by atoms with E-state index >= 15 is 0 Å². The van der Waals surface area contributed by atoms with E-state index in [9.17, 15) is 8.42 Å². The van der Waals surface area contributed by atoms with E-state index in [-0.39, 0.29) is 11.7 Å². The van der Waals surface area contributed by atoms with Gasteiger partial charge in [-0.3, -0.25) is 4.72 Å². The van der Waals surface area contributed by atoms with E-state index < -0.39 is 10.0 Å². The molecule has 0 saturated carbocycles. The molecule has 0 radical (unpaired) electrons. The Balaban J connectivity index is 2.75. The average Bonchev–Trinajstić information content (AvgIpc) is 2.41. The van der Waals surface area contributed by atoms with E-state index in [1.165, 1.54) is 0 Å². The van der Waals surface area contributed by atoms with Crippen LogP contribution in [0.15, 0.2) is 24.3 Å². The minimum atomic E-state index is -3.34. The smallest absolute Gasteiger partial charge is 0.233 e. The third kappa shape index (κ3) is 5.21. The van der Waals surface area contributed by atoms with E-state index in [1.54, 1.807) is 12.1 Å². The number of hydrogen-bond donors (Lipinski definition) is 1. The maximum atomic E-state index is 11.9. The summed E-state index contributed by atoms with van der Waals surface area (Å²) in [5, 5.41) is 0. The number of nitrogens with one attached hydrogen (secondary N) is 1. The highest BCUT2D eigenvalue weighted by molar-refractivity contribution is 7.92. The van der Waals surface area contributed by atoms with Gasteiger partial charge in [-0.25, -0.2) is 8.42 Å². The Bertz CT molecular complexity index is 498. The molecule has 1 aromatic rings. The summed E-state index contributed by atoms with van der Waals surface area (Å²) in [6.07, 6.45) is 0. The Hall–Kier alpha value is -0.940. The van der Waals surface area contributed by atoms with Gasteiger partial charge in [-0.15, -0.1) is 11.6 Å². The number of hydrogen-bond acceptors (Lipinski definition) is 3. The zero-order valence-corrected chi connectivity index (χ0v) is 13.8. The first-order chi connectivity index (χ1) is 9.41. The second-order valence-corrected chi connectivity index (χ2v) is 6.94. The number of alkyl halides is 1. The monoisotopic (exact) mass is 318 g/mol. The highest BCUT2D eigenvalue weighted by atomic mass is 35.5. The summed E-state index contributed by atoms with van der Waals surface area (Å²) in [7, 11) is -3.34. The van der Waals surface area contributed by atoms with Gasteiger partial charge in [0.2, 0.25) is 10.0 Å². The first kappa shape index (κ1) is 17.1. The van der Waals surface area contributed by atoms with Gasteiger partial charge in [-0.2, -0.15) is 0 Å². The minimum Gasteiger partial charge on any atom is -0.372 e. The van der Waals surface area contributed by atoms with Crippen LogP contribution in [0.25, 0.3) is 0 Å². The molecule has 0 amide bonds. The third-order valence-corrected chi connectivity index (χ3v) is 5.12. The van der Waals surface area contributed by atoms with Crippen molar-refractivity contribution < 1.29 is 8.42 Å². The Morgan fingerprint density at radius 1 is 1.20 bits per heavy atom. The Morgan fingerprint density at radius 3 is 2.20 bits per heavy atom. The highest BCUT2D eigenvalue weighted by Gasteiger charge is 2.15. The van der Waals surface area contributed by atoms with Gasteiger partial charge in [-0.05, 0) is 44.0 Å². The molecule has 6 heteroatoms. The molecule has 20 heavy (non-hydrogen) atoms. The lowest BCUT2D eigenvalue weighted by atomic mass is 10.2. The molecular formula is C14H23ClN2O2S. The van der Waals surface area contributed by atoms with Gasteiger partial charge in [0.25, 0.3) is 0 Å². The van der Waals surface area contributed by atoms with Gasteiger partial charge in [0.1, 0.15) is 0 Å². The molecular weight excluding hydrogens is 296 g/mol. The number of rotatable bonds is 8. The maximum Gasteiger partial charge on any atom is 0.233 e. The molecule has 4 nitrogen and oxygen atoms in total. The summed E-state index contributed by atoms with van der Waals surface area (Å²) in [5.74, 6) is 0.306. The predicted molar refractivity (Wildman–Crippen MR) is 87.3 cm³/mol. The third-order valence-electron chi connectivity index (χ3n) is 3.04. The average molecular weight is 319 g/mol. The zero-order chi connectivity index (χ0) is 15.2. The van der Waals surface area contributed by atoms with Gasteiger partial charge < -0.3 is 4.90 Å². The number of halogens is 1. The molecule has 0 aliphatic carbocycles. The lowest BCUT2D eigenvalue weighted by Gasteiger charge is -2.21. The van der Waals surface area contributed by atoms with Crippen LogP contribution in [-0.4, -0.2) is 33.1 Å². The SMILES string of the molecule is CCN(CC)c1ccc(NS(=O)(=O)CC(C)CCl)cc1. The van der Waals surface area contributed by atoms with Crippen LogP contribution in [0, 0.1) is 5.92 Å². The lowest BCUT2D eigenvalue weighted by Crippen LogP contribution is -2.23. The standard InChI is InChI=1S/C14H23ClN2O2S/c1-4-17(5-2)14-8-6-13(7-9-14)16-20(18,19)11-12(3)10-15/h6-9,12,16H,4-5,10-11H2,1-3H3. The van der Waals surface area contributed by atoms with Gasteiger partial charge >= 0.3 is 0 Å². The van der Waals surface area contributed by atoms with E-state index in [2.05, 4.69) is 23.5 Å². The van der Waals surface area contributed by atoms with Crippen LogP contribution in [-0.2, 0) is 10.0 Å². The summed E-state index contributed by atoms with van der Waals surface area (Å²) < 4.78 is 26.4. The van der Waals surface area contributed by atoms with Crippen molar-refractivity contribution in [3.63, 3.8) is 0 Å². The molecule has 1 aromatic carbocycles. The van der Waals surface area contributed by atoms with Crippen molar-refractivity contribution in [3.05, 3.63) is 24.3 Å². The molecule has 0 heterocycles. The summed E-state index contributed by atoms with van der Waals surface area (Å²) in [6, 6.07) is 7.43. The largest absolute Gasteiger partial charge is 0.372 e. The topological polar surface area (TPSA) is 49.4 Å². The van der Waals surface area contributed by atoms with Crippen molar-refractivity contribution >= 4 is 33.0 Å². The number of nitrogens with zero attached hydrogens (tertiary/aromatic N) is 1. The summed E-state index contributed by atoms with van der Waals surface area (Å²) in [4.78, 5) is 2.20. The molecule has 114 valence electrons. The Morgan fingerprint density at radius 2 is 1.75 bits per heavy atom. The minimum absolute atomic E-state index is 0.0360. The van der Waals surface area contributed by atoms with Gasteiger partial charge in [0.15, 0.2) is 0 Å². The molecule has 0 aliphatic rings. The van der Waals surface area contributed by atoms with Crippen LogP contribution in [0.4, 0.5) is 11.4 Å². The zero-order valence-electron chi connectivity index (χ0n) is 12.3. The molecule has 0 fully saturated rings. The van der Waals surface area contributed by atoms with Crippen molar-refractivity contribution in [2.24, 2.45) is 5.92 Å². The maximum absolute atomic E-state index is 11.9. The Kier molecular flexibility index (Phi) is 6.62. The molecule has 0 aliphatic heterocycles. The normalized spacial score (nSPS) is 13.0. The van der Waals surface area contributed by atoms with Gasteiger partial charge in [0.05, 0.1) is 5.75 Å². The molecule has 1 rings (SSSR count). The van der Waals surface area contributed by atoms with Crippen molar-refractivity contribution in [2.45, 2.75) is 20.8 Å². The van der Waals surface area contributed by atoms with Crippen molar-refractivity contribution in [2.75, 3.05) is 34.3 Å². The molecule has 0 spiro atoms. The first-order valence-electron chi connectivity index (χ1n) is 6.83. The van der Waals surface area contributed by atoms with E-state index in [1.807, 2.05) is 19.1 Å². The molecule has 0 aromatic heterocycles. The van der Waals surface area contributed by atoms with E-state index in [4.69, 9.17) is 11.6 Å². The molecule has 0 bridgehead atoms. The van der Waals surface area contributed by atoms with Crippen molar-refractivity contribution in [1.29, 1.82) is 0 Å². The fourth-order valence-electron chi connectivity index (χ4n) is 1.97. The van der Waals surface area contributed by atoms with Crippen LogP contribution < -0.4 is 9.62 Å². The summed E-state index contributed by atoms with van der Waals surface area (Å²) in [5.41, 5.74) is 1.68. The van der Waals surface area contributed by atoms with Crippen LogP contribution in [0.5, 0.6) is 0 Å². The second-order valence-electron chi connectivity index (χ2n) is 4.86. The highest BCUT2D eigenvalue weighted by Crippen LogP contribution is 2.19. The van der Waals surface area contributed by atoms with Crippen LogP contribution in [0.1, 0.15) is 20.8 Å². The second kappa shape index (κ2) is 7.74. The van der Waals surface area contributed by atoms with Gasteiger partial charge in [0, 0.05) is 30.3 Å². The number of sulfonamides is 1. The lowest BCUT2D eigenvalue weighted by molar-refractivity contribution is 0.588. The quantitative estimate of drug-likeness (QED) is 0.749. The number of anilines is 2. The van der Waals surface area contributed by atoms with Crippen molar-refractivity contribution in [1.82, 2.24) is 0 Å². The van der Waals surface area contributed by atoms with Crippen LogP contribution in [0.3, 0.4) is 0 Å².